The van der Waals surface area contributed by atoms with Gasteiger partial charge in [-0.05, 0) is 12.8 Å². The van der Waals surface area contributed by atoms with Gasteiger partial charge in [0.15, 0.2) is 0 Å². The molecule has 2 aliphatic heterocycles. The topological polar surface area (TPSA) is 26.0 Å². The minimum Gasteiger partial charge on any atom is -0.328 e. The van der Waals surface area contributed by atoms with Crippen molar-refractivity contribution in [1.29, 1.82) is 0 Å². The molecule has 0 unspecified atom stereocenters. The van der Waals surface area contributed by atoms with E-state index in [4.69, 9.17) is 5.73 Å². The van der Waals surface area contributed by atoms with Crippen LogP contribution < -0.4 is 5.73 Å². The maximum absolute atomic E-state index is 5.95. The Morgan fingerprint density at radius 3 is 2.00 bits per heavy atom. The second-order valence-electron chi connectivity index (χ2n) is 4.90. The van der Waals surface area contributed by atoms with E-state index in [1.54, 1.807) is 37.0 Å². The van der Waals surface area contributed by atoms with E-state index in [1.807, 2.05) is 0 Å². The fraction of sp³-hybridized carbons (Fsp3) is 1.00. The summed E-state index contributed by atoms with van der Waals surface area (Å²) in [5, 5.41) is 0. The molecular weight excluding hydrogens is 162 g/mol. The third kappa shape index (κ3) is 1.74. The van der Waals surface area contributed by atoms with Crippen molar-refractivity contribution in [3.05, 3.63) is 0 Å². The molecule has 2 heterocycles. The van der Waals surface area contributed by atoms with Crippen molar-refractivity contribution in [2.75, 3.05) is 0 Å². The smallest absolute Gasteiger partial charge is 0.0537 e. The second kappa shape index (κ2) is 3.50. The zero-order chi connectivity index (χ0) is 8.44. The first-order valence-electron chi connectivity index (χ1n) is 5.56. The Morgan fingerprint density at radius 2 is 1.42 bits per heavy atom. The van der Waals surface area contributed by atoms with Crippen LogP contribution in [0, 0.1) is 0 Å². The summed E-state index contributed by atoms with van der Waals surface area (Å²) in [7, 11) is -0.692. The van der Waals surface area contributed by atoms with Crippen molar-refractivity contribution < 1.29 is 0 Å². The SMILES string of the molecule is NC1CC[Si]2(CCCCC2)CC1. The summed E-state index contributed by atoms with van der Waals surface area (Å²) in [6.45, 7) is 0. The Kier molecular flexibility index (Phi) is 2.56. The van der Waals surface area contributed by atoms with Crippen LogP contribution in [-0.4, -0.2) is 14.1 Å². The van der Waals surface area contributed by atoms with Gasteiger partial charge in [0, 0.05) is 6.04 Å². The van der Waals surface area contributed by atoms with Gasteiger partial charge in [0.1, 0.15) is 0 Å². The lowest BCUT2D eigenvalue weighted by Gasteiger charge is -2.40. The van der Waals surface area contributed by atoms with Gasteiger partial charge in [-0.25, -0.2) is 0 Å². The molecule has 0 saturated carbocycles. The van der Waals surface area contributed by atoms with Crippen LogP contribution in [0.3, 0.4) is 0 Å². The van der Waals surface area contributed by atoms with Crippen LogP contribution in [-0.2, 0) is 0 Å². The highest BCUT2D eigenvalue weighted by molar-refractivity contribution is 6.80. The highest BCUT2D eigenvalue weighted by atomic mass is 28.3. The molecule has 0 aliphatic carbocycles. The molecule has 2 saturated heterocycles. The molecule has 2 fully saturated rings. The molecule has 2 N–H and O–H groups in total. The summed E-state index contributed by atoms with van der Waals surface area (Å²) >= 11 is 0. The zero-order valence-corrected chi connectivity index (χ0v) is 9.02. The predicted octanol–water partition coefficient (Wildman–Crippen LogP) is 2.74. The average Bonchev–Trinajstić information content (AvgIpc) is 2.13. The van der Waals surface area contributed by atoms with Crippen LogP contribution in [0.5, 0.6) is 0 Å². The minimum atomic E-state index is -0.692. The highest BCUT2D eigenvalue weighted by Gasteiger charge is 2.36. The third-order valence-electron chi connectivity index (χ3n) is 4.01. The van der Waals surface area contributed by atoms with E-state index in [-0.39, 0.29) is 0 Å². The third-order valence-corrected chi connectivity index (χ3v) is 9.53. The summed E-state index contributed by atoms with van der Waals surface area (Å²) in [4.78, 5) is 0. The molecule has 0 amide bonds. The van der Waals surface area contributed by atoms with Crippen LogP contribution in [0.15, 0.2) is 0 Å². The molecule has 70 valence electrons. The molecular formula is C10H21NSi. The molecule has 0 atom stereocenters. The van der Waals surface area contributed by atoms with Gasteiger partial charge >= 0.3 is 0 Å². The lowest BCUT2D eigenvalue weighted by atomic mass is 10.2. The summed E-state index contributed by atoms with van der Waals surface area (Å²) in [6.07, 6.45) is 7.31. The lowest BCUT2D eigenvalue weighted by Crippen LogP contribution is -2.43. The highest BCUT2D eigenvalue weighted by Crippen LogP contribution is 2.40. The maximum Gasteiger partial charge on any atom is 0.0537 e. The second-order valence-corrected chi connectivity index (χ2v) is 9.90. The van der Waals surface area contributed by atoms with E-state index in [0.717, 1.165) is 0 Å². The van der Waals surface area contributed by atoms with Crippen molar-refractivity contribution in [2.24, 2.45) is 5.73 Å². The van der Waals surface area contributed by atoms with Crippen molar-refractivity contribution in [1.82, 2.24) is 0 Å². The van der Waals surface area contributed by atoms with E-state index in [0.29, 0.717) is 6.04 Å². The Hall–Kier alpha value is 0.177. The molecule has 0 aromatic heterocycles. The summed E-state index contributed by atoms with van der Waals surface area (Å²) in [5.41, 5.74) is 5.95. The Morgan fingerprint density at radius 1 is 0.833 bits per heavy atom. The van der Waals surface area contributed by atoms with Gasteiger partial charge in [0.2, 0.25) is 0 Å². The summed E-state index contributed by atoms with van der Waals surface area (Å²) in [6, 6.07) is 6.96. The van der Waals surface area contributed by atoms with Gasteiger partial charge in [0.05, 0.1) is 8.07 Å². The number of hydrogen-bond acceptors (Lipinski definition) is 1. The van der Waals surface area contributed by atoms with E-state index in [9.17, 15) is 0 Å². The van der Waals surface area contributed by atoms with Crippen LogP contribution in [0.4, 0.5) is 0 Å². The van der Waals surface area contributed by atoms with Crippen molar-refractivity contribution in [3.8, 4) is 0 Å². The number of nitrogens with two attached hydrogens (primary N) is 1. The molecule has 12 heavy (non-hydrogen) atoms. The van der Waals surface area contributed by atoms with E-state index in [1.165, 1.54) is 19.3 Å². The molecule has 2 heteroatoms. The first kappa shape index (κ1) is 8.76. The largest absolute Gasteiger partial charge is 0.328 e. The quantitative estimate of drug-likeness (QED) is 0.574. The zero-order valence-electron chi connectivity index (χ0n) is 8.02. The van der Waals surface area contributed by atoms with Crippen LogP contribution in [0.1, 0.15) is 32.1 Å². The van der Waals surface area contributed by atoms with Gasteiger partial charge in [-0.1, -0.05) is 43.4 Å². The fourth-order valence-corrected chi connectivity index (χ4v) is 8.52. The standard InChI is InChI=1S/C10H21NSi/c11-10-4-8-12(9-5-10)6-2-1-3-7-12/h10H,1-9,11H2. The lowest BCUT2D eigenvalue weighted by molar-refractivity contribution is 0.568. The average molecular weight is 183 g/mol. The fourth-order valence-electron chi connectivity index (χ4n) is 3.05. The predicted molar refractivity (Wildman–Crippen MR) is 56.0 cm³/mol. The van der Waals surface area contributed by atoms with Gasteiger partial charge in [-0.3, -0.25) is 0 Å². The van der Waals surface area contributed by atoms with Crippen LogP contribution in [0.25, 0.3) is 0 Å². The van der Waals surface area contributed by atoms with Crippen LogP contribution in [0.2, 0.25) is 24.2 Å². The molecule has 0 aromatic rings. The maximum atomic E-state index is 5.95. The molecule has 0 aromatic carbocycles. The number of hydrogen-bond donors (Lipinski definition) is 1. The van der Waals surface area contributed by atoms with Gasteiger partial charge < -0.3 is 5.73 Å². The molecule has 1 spiro atoms. The van der Waals surface area contributed by atoms with Crippen molar-refractivity contribution in [2.45, 2.75) is 62.3 Å². The summed E-state index contributed by atoms with van der Waals surface area (Å²) in [5.74, 6) is 0. The number of rotatable bonds is 0. The van der Waals surface area contributed by atoms with Crippen molar-refractivity contribution >= 4 is 8.07 Å². The minimum absolute atomic E-state index is 0.560. The molecule has 2 aliphatic rings. The van der Waals surface area contributed by atoms with Gasteiger partial charge in [-0.2, -0.15) is 0 Å². The first-order valence-corrected chi connectivity index (χ1v) is 8.39. The van der Waals surface area contributed by atoms with Gasteiger partial charge in [0.25, 0.3) is 0 Å². The summed E-state index contributed by atoms with van der Waals surface area (Å²) < 4.78 is 0. The molecule has 1 nitrogen and oxygen atoms in total. The van der Waals surface area contributed by atoms with E-state index >= 15 is 0 Å². The van der Waals surface area contributed by atoms with Crippen LogP contribution >= 0.6 is 0 Å². The first-order chi connectivity index (χ1) is 5.81. The Bertz CT molecular complexity index is 142. The van der Waals surface area contributed by atoms with Crippen molar-refractivity contribution in [3.63, 3.8) is 0 Å². The molecule has 0 bridgehead atoms. The van der Waals surface area contributed by atoms with Gasteiger partial charge in [-0.15, -0.1) is 0 Å². The molecule has 0 radical (unpaired) electrons. The molecule has 2 rings (SSSR count). The normalized spacial score (nSPS) is 30.8. The Labute approximate surface area is 76.7 Å². The van der Waals surface area contributed by atoms with E-state index in [2.05, 4.69) is 0 Å². The monoisotopic (exact) mass is 183 g/mol. The Balaban J connectivity index is 1.92. The van der Waals surface area contributed by atoms with E-state index < -0.39 is 8.07 Å².